The third-order valence-electron chi connectivity index (χ3n) is 3.79. The van der Waals surface area contributed by atoms with Crippen molar-refractivity contribution in [2.75, 3.05) is 36.5 Å². The van der Waals surface area contributed by atoms with Crippen LogP contribution < -0.4 is 10.2 Å². The number of piperidine rings is 1. The highest BCUT2D eigenvalue weighted by atomic mass is 16.3. The van der Waals surface area contributed by atoms with Crippen molar-refractivity contribution >= 4 is 11.4 Å². The van der Waals surface area contributed by atoms with Gasteiger partial charge in [-0.25, -0.2) is 0 Å². The highest BCUT2D eigenvalue weighted by Gasteiger charge is 2.16. The molecular formula is C16H26N2O. The Morgan fingerprint density at radius 3 is 2.32 bits per heavy atom. The highest BCUT2D eigenvalue weighted by Crippen LogP contribution is 2.22. The number of benzene rings is 1. The van der Waals surface area contributed by atoms with E-state index in [-0.39, 0.29) is 12.0 Å². The number of nitrogens with one attached hydrogen (secondary N) is 1. The molecule has 106 valence electrons. The number of hydrogen-bond donors (Lipinski definition) is 2. The van der Waals surface area contributed by atoms with Crippen LogP contribution in [0.4, 0.5) is 11.4 Å². The summed E-state index contributed by atoms with van der Waals surface area (Å²) in [6, 6.07) is 8.66. The van der Waals surface area contributed by atoms with Gasteiger partial charge in [0.2, 0.25) is 0 Å². The van der Waals surface area contributed by atoms with Crippen molar-refractivity contribution in [2.45, 2.75) is 33.1 Å². The van der Waals surface area contributed by atoms with E-state index in [9.17, 15) is 5.11 Å². The normalized spacial score (nSPS) is 16.5. The molecular weight excluding hydrogens is 236 g/mol. The number of aliphatic hydroxyl groups excluding tert-OH is 1. The van der Waals surface area contributed by atoms with E-state index in [1.54, 1.807) is 0 Å². The highest BCUT2D eigenvalue weighted by molar-refractivity contribution is 5.55. The lowest BCUT2D eigenvalue weighted by atomic mass is 9.95. The Balaban J connectivity index is 1.91. The third kappa shape index (κ3) is 4.13. The maximum atomic E-state index is 9.24. The molecule has 1 saturated heterocycles. The van der Waals surface area contributed by atoms with E-state index in [1.807, 2.05) is 0 Å². The second kappa shape index (κ2) is 6.29. The first-order chi connectivity index (χ1) is 9.11. The average Bonchev–Trinajstić information content (AvgIpc) is 2.47. The molecule has 1 aromatic rings. The van der Waals surface area contributed by atoms with Crippen LogP contribution in [0.15, 0.2) is 24.3 Å². The van der Waals surface area contributed by atoms with Crippen LogP contribution in [0.2, 0.25) is 0 Å². The Morgan fingerprint density at radius 2 is 1.74 bits per heavy atom. The van der Waals surface area contributed by atoms with Crippen LogP contribution in [0.5, 0.6) is 0 Å². The quantitative estimate of drug-likeness (QED) is 0.856. The summed E-state index contributed by atoms with van der Waals surface area (Å²) in [5, 5.41) is 12.6. The molecule has 1 aliphatic heterocycles. The van der Waals surface area contributed by atoms with Crippen LogP contribution in [0.1, 0.15) is 33.1 Å². The summed E-state index contributed by atoms with van der Waals surface area (Å²) in [6.07, 6.45) is 3.99. The molecule has 2 N–H and O–H groups in total. The summed E-state index contributed by atoms with van der Waals surface area (Å²) in [7, 11) is 0. The topological polar surface area (TPSA) is 35.5 Å². The number of rotatable bonds is 5. The van der Waals surface area contributed by atoms with Gasteiger partial charge in [-0.3, -0.25) is 0 Å². The lowest BCUT2D eigenvalue weighted by Gasteiger charge is -2.29. The van der Waals surface area contributed by atoms with Crippen LogP contribution in [-0.4, -0.2) is 31.3 Å². The summed E-state index contributed by atoms with van der Waals surface area (Å²) in [5.41, 5.74) is 2.37. The molecule has 19 heavy (non-hydrogen) atoms. The standard InChI is InChI=1S/C16H26N2O/c1-16(2,13-19)12-17-14-6-8-15(9-7-14)18-10-4-3-5-11-18/h6-9,17,19H,3-5,10-13H2,1-2H3. The van der Waals surface area contributed by atoms with E-state index in [0.717, 1.165) is 12.2 Å². The van der Waals surface area contributed by atoms with E-state index < -0.39 is 0 Å². The molecule has 1 aromatic carbocycles. The Bertz CT molecular complexity index is 380. The van der Waals surface area contributed by atoms with Crippen molar-refractivity contribution in [1.29, 1.82) is 0 Å². The smallest absolute Gasteiger partial charge is 0.0498 e. The number of hydrogen-bond acceptors (Lipinski definition) is 3. The van der Waals surface area contributed by atoms with Crippen molar-refractivity contribution in [3.05, 3.63) is 24.3 Å². The van der Waals surface area contributed by atoms with Gasteiger partial charge in [0.25, 0.3) is 0 Å². The Labute approximate surface area is 116 Å². The molecule has 1 aliphatic rings. The zero-order chi connectivity index (χ0) is 13.7. The zero-order valence-electron chi connectivity index (χ0n) is 12.2. The van der Waals surface area contributed by atoms with Crippen molar-refractivity contribution in [2.24, 2.45) is 5.41 Å². The molecule has 0 aliphatic carbocycles. The van der Waals surface area contributed by atoms with Crippen LogP contribution in [0, 0.1) is 5.41 Å². The molecule has 1 heterocycles. The predicted octanol–water partition coefficient (Wildman–Crippen LogP) is 3.11. The molecule has 0 atom stereocenters. The Hall–Kier alpha value is -1.22. The number of aliphatic hydroxyl groups is 1. The van der Waals surface area contributed by atoms with E-state index in [2.05, 4.69) is 48.3 Å². The average molecular weight is 262 g/mol. The molecule has 3 nitrogen and oxygen atoms in total. The van der Waals surface area contributed by atoms with Gasteiger partial charge in [-0.15, -0.1) is 0 Å². The fraction of sp³-hybridized carbons (Fsp3) is 0.625. The second-order valence-electron chi connectivity index (χ2n) is 6.27. The molecule has 0 bridgehead atoms. The van der Waals surface area contributed by atoms with Crippen molar-refractivity contribution < 1.29 is 5.11 Å². The van der Waals surface area contributed by atoms with E-state index in [4.69, 9.17) is 0 Å². The summed E-state index contributed by atoms with van der Waals surface area (Å²) >= 11 is 0. The van der Waals surface area contributed by atoms with Gasteiger partial charge in [-0.1, -0.05) is 13.8 Å². The van der Waals surface area contributed by atoms with E-state index in [0.29, 0.717) is 0 Å². The second-order valence-corrected chi connectivity index (χ2v) is 6.27. The maximum absolute atomic E-state index is 9.24. The Kier molecular flexibility index (Phi) is 4.70. The van der Waals surface area contributed by atoms with Gasteiger partial charge in [-0.2, -0.15) is 0 Å². The number of anilines is 2. The van der Waals surface area contributed by atoms with Gasteiger partial charge in [0, 0.05) is 43.0 Å². The lowest BCUT2D eigenvalue weighted by molar-refractivity contribution is 0.171. The molecule has 3 heteroatoms. The van der Waals surface area contributed by atoms with Gasteiger partial charge in [0.15, 0.2) is 0 Å². The molecule has 1 fully saturated rings. The van der Waals surface area contributed by atoms with Crippen molar-refractivity contribution in [3.63, 3.8) is 0 Å². The minimum absolute atomic E-state index is 0.0778. The van der Waals surface area contributed by atoms with Crippen molar-refractivity contribution in [1.82, 2.24) is 0 Å². The van der Waals surface area contributed by atoms with Gasteiger partial charge < -0.3 is 15.3 Å². The lowest BCUT2D eigenvalue weighted by Crippen LogP contribution is -2.29. The summed E-state index contributed by atoms with van der Waals surface area (Å²) in [5.74, 6) is 0. The van der Waals surface area contributed by atoms with E-state index >= 15 is 0 Å². The minimum atomic E-state index is -0.0778. The molecule has 0 radical (unpaired) electrons. The predicted molar refractivity (Wildman–Crippen MR) is 81.9 cm³/mol. The first-order valence-corrected chi connectivity index (χ1v) is 7.30. The van der Waals surface area contributed by atoms with Gasteiger partial charge in [0.05, 0.1) is 0 Å². The summed E-state index contributed by atoms with van der Waals surface area (Å²) < 4.78 is 0. The van der Waals surface area contributed by atoms with Gasteiger partial charge in [-0.05, 0) is 43.5 Å². The first kappa shape index (κ1) is 14.2. The number of nitrogens with zero attached hydrogens (tertiary/aromatic N) is 1. The monoisotopic (exact) mass is 262 g/mol. The van der Waals surface area contributed by atoms with Crippen LogP contribution in [0.3, 0.4) is 0 Å². The zero-order valence-corrected chi connectivity index (χ0v) is 12.2. The van der Waals surface area contributed by atoms with Gasteiger partial charge in [0.1, 0.15) is 0 Å². The largest absolute Gasteiger partial charge is 0.396 e. The SMILES string of the molecule is CC(C)(CO)CNc1ccc(N2CCCCC2)cc1. The van der Waals surface area contributed by atoms with Crippen molar-refractivity contribution in [3.8, 4) is 0 Å². The molecule has 0 unspecified atom stereocenters. The summed E-state index contributed by atoms with van der Waals surface area (Å²) in [4.78, 5) is 2.46. The molecule has 0 saturated carbocycles. The fourth-order valence-electron chi connectivity index (χ4n) is 2.34. The molecule has 0 spiro atoms. The molecule has 0 aromatic heterocycles. The first-order valence-electron chi connectivity index (χ1n) is 7.30. The minimum Gasteiger partial charge on any atom is -0.396 e. The van der Waals surface area contributed by atoms with Crippen LogP contribution >= 0.6 is 0 Å². The summed E-state index contributed by atoms with van der Waals surface area (Å²) in [6.45, 7) is 7.47. The Morgan fingerprint density at radius 1 is 1.11 bits per heavy atom. The third-order valence-corrected chi connectivity index (χ3v) is 3.79. The van der Waals surface area contributed by atoms with E-state index in [1.165, 1.54) is 38.0 Å². The molecule has 0 amide bonds. The van der Waals surface area contributed by atoms with Crippen LogP contribution in [0.25, 0.3) is 0 Å². The molecule has 2 rings (SSSR count). The van der Waals surface area contributed by atoms with Gasteiger partial charge >= 0.3 is 0 Å². The maximum Gasteiger partial charge on any atom is 0.0498 e. The fourth-order valence-corrected chi connectivity index (χ4v) is 2.34. The van der Waals surface area contributed by atoms with Crippen LogP contribution in [-0.2, 0) is 0 Å².